The van der Waals surface area contributed by atoms with E-state index < -0.39 is 22.0 Å². The molecule has 9 heteroatoms. The monoisotopic (exact) mass is 362 g/mol. The highest BCUT2D eigenvalue weighted by Gasteiger charge is 2.23. The quantitative estimate of drug-likeness (QED) is 0.611. The maximum atomic E-state index is 12.0. The molecule has 1 atom stereocenters. The predicted molar refractivity (Wildman–Crippen MR) is 87.9 cm³/mol. The second-order valence-corrected chi connectivity index (χ2v) is 8.71. The molecular weight excluding hydrogens is 340 g/mol. The zero-order valence-electron chi connectivity index (χ0n) is 13.3. The minimum absolute atomic E-state index is 0.0265. The summed E-state index contributed by atoms with van der Waals surface area (Å²) in [5.74, 6) is -0.977. The van der Waals surface area contributed by atoms with E-state index in [4.69, 9.17) is 5.11 Å². The average molecular weight is 362 g/mol. The molecule has 0 bridgehead atoms. The smallest absolute Gasteiger partial charge is 0.321 e. The van der Waals surface area contributed by atoms with Gasteiger partial charge in [0.1, 0.15) is 10.3 Å². The van der Waals surface area contributed by atoms with Crippen LogP contribution in [-0.2, 0) is 26.0 Å². The third-order valence-corrected chi connectivity index (χ3v) is 6.07. The minimum atomic E-state index is -3.84. The number of aliphatic carboxylic acids is 1. The lowest BCUT2D eigenvalue weighted by atomic mass is 10.1. The van der Waals surface area contributed by atoms with Gasteiger partial charge in [0.2, 0.25) is 5.91 Å². The van der Waals surface area contributed by atoms with E-state index in [2.05, 4.69) is 10.0 Å². The predicted octanol–water partition coefficient (Wildman–Crippen LogP) is 1.20. The van der Waals surface area contributed by atoms with E-state index in [0.717, 1.165) is 16.2 Å². The summed E-state index contributed by atoms with van der Waals surface area (Å²) in [4.78, 5) is 23.1. The van der Waals surface area contributed by atoms with Crippen LogP contribution in [0.25, 0.3) is 0 Å². The molecule has 1 aromatic heterocycles. The average Bonchev–Trinajstić information content (AvgIpc) is 2.86. The van der Waals surface area contributed by atoms with Crippen molar-refractivity contribution in [1.82, 2.24) is 10.0 Å². The zero-order valence-corrected chi connectivity index (χ0v) is 15.0. The van der Waals surface area contributed by atoms with E-state index in [1.54, 1.807) is 6.07 Å². The summed E-state index contributed by atoms with van der Waals surface area (Å²) >= 11 is 1.06. The molecule has 0 spiro atoms. The van der Waals surface area contributed by atoms with Crippen molar-refractivity contribution < 1.29 is 23.1 Å². The van der Waals surface area contributed by atoms with E-state index in [9.17, 15) is 18.0 Å². The Morgan fingerprint density at radius 3 is 2.48 bits per heavy atom. The fourth-order valence-electron chi connectivity index (χ4n) is 1.75. The van der Waals surface area contributed by atoms with Crippen LogP contribution in [0.2, 0.25) is 0 Å². The summed E-state index contributed by atoms with van der Waals surface area (Å²) < 4.78 is 26.2. The lowest BCUT2D eigenvalue weighted by Gasteiger charge is -2.08. The third kappa shape index (κ3) is 6.67. The number of thiophene rings is 1. The Morgan fingerprint density at radius 2 is 1.91 bits per heavy atom. The van der Waals surface area contributed by atoms with E-state index >= 15 is 0 Å². The molecule has 0 aromatic carbocycles. The SMILES string of the molecule is CC(C)CC(=O)NCCc1ccc(S(=O)(=O)NC(C)C(=O)O)s1. The van der Waals surface area contributed by atoms with Crippen molar-refractivity contribution in [1.29, 1.82) is 0 Å². The fourth-order valence-corrected chi connectivity index (χ4v) is 4.31. The van der Waals surface area contributed by atoms with Crippen LogP contribution < -0.4 is 10.0 Å². The first-order valence-electron chi connectivity index (χ1n) is 7.22. The van der Waals surface area contributed by atoms with Crippen LogP contribution in [0.4, 0.5) is 0 Å². The number of sulfonamides is 1. The molecule has 23 heavy (non-hydrogen) atoms. The zero-order chi connectivity index (χ0) is 17.6. The number of amides is 1. The van der Waals surface area contributed by atoms with Gasteiger partial charge in [0.25, 0.3) is 10.0 Å². The number of carboxylic acids is 1. The number of carboxylic acid groups (broad SMARTS) is 1. The van der Waals surface area contributed by atoms with Crippen molar-refractivity contribution in [3.63, 3.8) is 0 Å². The summed E-state index contributed by atoms with van der Waals surface area (Å²) in [7, 11) is -3.84. The molecule has 0 aliphatic carbocycles. The standard InChI is InChI=1S/C14H22N2O5S2/c1-9(2)8-12(17)15-7-6-11-4-5-13(22-11)23(20,21)16-10(3)14(18)19/h4-5,9-10,16H,6-8H2,1-3H3,(H,15,17)(H,18,19). The van der Waals surface area contributed by atoms with Crippen LogP contribution in [0.15, 0.2) is 16.3 Å². The largest absolute Gasteiger partial charge is 0.480 e. The summed E-state index contributed by atoms with van der Waals surface area (Å²) in [6, 6.07) is 1.91. The second-order valence-electron chi connectivity index (χ2n) is 5.60. The summed E-state index contributed by atoms with van der Waals surface area (Å²) in [6.45, 7) is 5.62. The minimum Gasteiger partial charge on any atom is -0.480 e. The Balaban J connectivity index is 2.57. The van der Waals surface area contributed by atoms with Crippen molar-refractivity contribution in [2.75, 3.05) is 6.54 Å². The van der Waals surface area contributed by atoms with Gasteiger partial charge in [0.15, 0.2) is 0 Å². The van der Waals surface area contributed by atoms with Crippen molar-refractivity contribution in [2.45, 2.75) is 43.9 Å². The normalized spacial score (nSPS) is 13.0. The number of nitrogens with one attached hydrogen (secondary N) is 2. The van der Waals surface area contributed by atoms with Crippen LogP contribution in [0.1, 0.15) is 32.1 Å². The number of hydrogen-bond acceptors (Lipinski definition) is 5. The first-order valence-corrected chi connectivity index (χ1v) is 9.52. The van der Waals surface area contributed by atoms with Gasteiger partial charge >= 0.3 is 5.97 Å². The first kappa shape index (κ1) is 19.6. The molecule has 0 radical (unpaired) electrons. The second kappa shape index (κ2) is 8.42. The Labute approximate surface area is 140 Å². The Kier molecular flexibility index (Phi) is 7.17. The van der Waals surface area contributed by atoms with Gasteiger partial charge in [-0.1, -0.05) is 13.8 Å². The molecule has 1 aromatic rings. The van der Waals surface area contributed by atoms with Gasteiger partial charge in [-0.05, 0) is 31.4 Å². The van der Waals surface area contributed by atoms with Gasteiger partial charge < -0.3 is 10.4 Å². The number of carbonyl (C=O) groups is 2. The van der Waals surface area contributed by atoms with Gasteiger partial charge in [-0.15, -0.1) is 11.3 Å². The van der Waals surface area contributed by atoms with Crippen molar-refractivity contribution in [3.05, 3.63) is 17.0 Å². The van der Waals surface area contributed by atoms with Crippen LogP contribution >= 0.6 is 11.3 Å². The Morgan fingerprint density at radius 1 is 1.26 bits per heavy atom. The first-order chi connectivity index (χ1) is 10.6. The van der Waals surface area contributed by atoms with Crippen LogP contribution in [0.5, 0.6) is 0 Å². The summed E-state index contributed by atoms with van der Waals surface area (Å²) in [5, 5.41) is 11.5. The molecule has 1 unspecified atom stereocenters. The molecule has 7 nitrogen and oxygen atoms in total. The molecule has 0 aliphatic rings. The van der Waals surface area contributed by atoms with Gasteiger partial charge in [0.05, 0.1) is 0 Å². The maximum absolute atomic E-state index is 12.0. The van der Waals surface area contributed by atoms with Crippen LogP contribution in [0.3, 0.4) is 0 Å². The van der Waals surface area contributed by atoms with Gasteiger partial charge in [0, 0.05) is 17.8 Å². The van der Waals surface area contributed by atoms with E-state index in [1.807, 2.05) is 13.8 Å². The van der Waals surface area contributed by atoms with Gasteiger partial charge in [-0.25, -0.2) is 8.42 Å². The topological polar surface area (TPSA) is 113 Å². The molecule has 1 heterocycles. The fraction of sp³-hybridized carbons (Fsp3) is 0.571. The third-order valence-electron chi connectivity index (χ3n) is 2.89. The van der Waals surface area contributed by atoms with Gasteiger partial charge in [-0.2, -0.15) is 4.72 Å². The number of rotatable bonds is 9. The summed E-state index contributed by atoms with van der Waals surface area (Å²) in [6.07, 6.45) is 0.986. The molecule has 3 N–H and O–H groups in total. The van der Waals surface area contributed by atoms with E-state index in [1.165, 1.54) is 13.0 Å². The molecular formula is C14H22N2O5S2. The Bertz CT molecular complexity index is 652. The van der Waals surface area contributed by atoms with E-state index in [-0.39, 0.29) is 16.0 Å². The van der Waals surface area contributed by atoms with Crippen molar-refractivity contribution in [2.24, 2.45) is 5.92 Å². The van der Waals surface area contributed by atoms with Crippen molar-refractivity contribution in [3.8, 4) is 0 Å². The molecule has 0 saturated heterocycles. The molecule has 0 aliphatic heterocycles. The van der Waals surface area contributed by atoms with Gasteiger partial charge in [-0.3, -0.25) is 9.59 Å². The highest BCUT2D eigenvalue weighted by Crippen LogP contribution is 2.22. The highest BCUT2D eigenvalue weighted by atomic mass is 32.2. The number of carbonyl (C=O) groups excluding carboxylic acids is 1. The summed E-state index contributed by atoms with van der Waals surface area (Å²) in [5.41, 5.74) is 0. The van der Waals surface area contributed by atoms with Crippen LogP contribution in [0, 0.1) is 5.92 Å². The molecule has 1 rings (SSSR count). The number of hydrogen-bond donors (Lipinski definition) is 3. The van der Waals surface area contributed by atoms with Crippen LogP contribution in [-0.4, -0.2) is 38.0 Å². The lowest BCUT2D eigenvalue weighted by Crippen LogP contribution is -2.37. The lowest BCUT2D eigenvalue weighted by molar-refractivity contribution is -0.138. The van der Waals surface area contributed by atoms with Crippen molar-refractivity contribution >= 4 is 33.2 Å². The molecule has 1 amide bonds. The molecule has 0 saturated carbocycles. The Hall–Kier alpha value is -1.45. The molecule has 0 fully saturated rings. The van der Waals surface area contributed by atoms with E-state index in [0.29, 0.717) is 19.4 Å². The maximum Gasteiger partial charge on any atom is 0.321 e. The molecule has 130 valence electrons. The highest BCUT2D eigenvalue weighted by molar-refractivity contribution is 7.91.